The number of Topliss-reactive ketones (excluding diaryl/α,β-unsaturated/α-hetero) is 2. The van der Waals surface area contributed by atoms with Crippen LogP contribution in [0, 0.1) is 12.8 Å². The summed E-state index contributed by atoms with van der Waals surface area (Å²) in [4.78, 5) is 29.9. The van der Waals surface area contributed by atoms with Gasteiger partial charge in [-0.25, -0.2) is 4.98 Å². The number of halogens is 3. The number of ketones is 2. The third-order valence-corrected chi connectivity index (χ3v) is 3.47. The summed E-state index contributed by atoms with van der Waals surface area (Å²) >= 11 is 0. The van der Waals surface area contributed by atoms with Crippen LogP contribution < -0.4 is 0 Å². The van der Waals surface area contributed by atoms with Gasteiger partial charge >= 0.3 is 6.18 Å². The molecule has 0 aliphatic heterocycles. The lowest BCUT2D eigenvalue weighted by atomic mass is 9.97. The Morgan fingerprint density at radius 1 is 1.26 bits per heavy atom. The first-order valence-electron chi connectivity index (χ1n) is 7.13. The van der Waals surface area contributed by atoms with Gasteiger partial charge in [0.15, 0.2) is 11.6 Å². The summed E-state index contributed by atoms with van der Waals surface area (Å²) in [6.07, 6.45) is -1.68. The van der Waals surface area contributed by atoms with E-state index in [1.165, 1.54) is 13.1 Å². The number of aryl methyl sites for hydroxylation is 1. The predicted octanol–water partition coefficient (Wildman–Crippen LogP) is 3.02. The van der Waals surface area contributed by atoms with Gasteiger partial charge in [-0.05, 0) is 31.9 Å². The molecule has 0 atom stereocenters. The summed E-state index contributed by atoms with van der Waals surface area (Å²) in [5.74, 6) is -1.01. The number of nitrogens with zero attached hydrogens (tertiary/aromatic N) is 2. The third-order valence-electron chi connectivity index (χ3n) is 3.47. The maximum absolute atomic E-state index is 12.7. The van der Waals surface area contributed by atoms with E-state index in [9.17, 15) is 22.8 Å². The van der Waals surface area contributed by atoms with Crippen molar-refractivity contribution in [1.82, 2.24) is 9.88 Å². The van der Waals surface area contributed by atoms with Crippen LogP contribution in [0.25, 0.3) is 0 Å². The highest BCUT2D eigenvalue weighted by molar-refractivity contribution is 6.27. The van der Waals surface area contributed by atoms with Crippen molar-refractivity contribution in [3.63, 3.8) is 0 Å². The molecular weight excluding hydrogens is 309 g/mol. The standard InChI is InChI=1S/C16H17F3N2O2/c1-9-11(6-7-13(20-9)16(17,18)19)15(23)12(8-21(2)3)14(22)10-4-5-10/h6-8,10H,4-5H2,1-3H3. The first kappa shape index (κ1) is 17.2. The largest absolute Gasteiger partial charge is 0.433 e. The molecule has 1 aliphatic carbocycles. The Labute approximate surface area is 132 Å². The van der Waals surface area contributed by atoms with Crippen molar-refractivity contribution in [1.29, 1.82) is 0 Å². The van der Waals surface area contributed by atoms with Gasteiger partial charge in [0.05, 0.1) is 5.57 Å². The monoisotopic (exact) mass is 326 g/mol. The van der Waals surface area contributed by atoms with Crippen molar-refractivity contribution in [3.05, 3.63) is 40.9 Å². The van der Waals surface area contributed by atoms with Crippen molar-refractivity contribution < 1.29 is 22.8 Å². The molecule has 0 unspecified atom stereocenters. The van der Waals surface area contributed by atoms with Crippen molar-refractivity contribution >= 4 is 11.6 Å². The fraction of sp³-hybridized carbons (Fsp3) is 0.438. The molecule has 0 amide bonds. The Morgan fingerprint density at radius 2 is 1.87 bits per heavy atom. The normalized spacial score (nSPS) is 15.5. The minimum atomic E-state index is -4.57. The van der Waals surface area contributed by atoms with Crippen LogP contribution in [-0.4, -0.2) is 35.5 Å². The molecule has 0 N–H and O–H groups in total. The highest BCUT2D eigenvalue weighted by Crippen LogP contribution is 2.34. The molecule has 1 saturated carbocycles. The Hall–Kier alpha value is -2.18. The number of carbonyl (C=O) groups is 2. The first-order valence-corrected chi connectivity index (χ1v) is 7.13. The molecule has 124 valence electrons. The van der Waals surface area contributed by atoms with E-state index in [4.69, 9.17) is 0 Å². The number of hydrogen-bond acceptors (Lipinski definition) is 4. The van der Waals surface area contributed by atoms with E-state index >= 15 is 0 Å². The summed E-state index contributed by atoms with van der Waals surface area (Å²) in [6, 6.07) is 1.84. The average molecular weight is 326 g/mol. The quantitative estimate of drug-likeness (QED) is 0.361. The number of alkyl halides is 3. The van der Waals surface area contributed by atoms with Gasteiger partial charge in [0.1, 0.15) is 5.69 Å². The van der Waals surface area contributed by atoms with E-state index in [1.54, 1.807) is 19.0 Å². The topological polar surface area (TPSA) is 50.3 Å². The van der Waals surface area contributed by atoms with Crippen molar-refractivity contribution in [3.8, 4) is 0 Å². The molecule has 0 saturated heterocycles. The van der Waals surface area contributed by atoms with Crippen LogP contribution in [0.3, 0.4) is 0 Å². The fourth-order valence-electron chi connectivity index (χ4n) is 2.16. The zero-order valence-electron chi connectivity index (χ0n) is 13.1. The predicted molar refractivity (Wildman–Crippen MR) is 77.8 cm³/mol. The Morgan fingerprint density at radius 3 is 2.30 bits per heavy atom. The van der Waals surface area contributed by atoms with Gasteiger partial charge in [0, 0.05) is 37.5 Å². The molecule has 1 aliphatic rings. The van der Waals surface area contributed by atoms with Gasteiger partial charge in [-0.3, -0.25) is 9.59 Å². The second kappa shape index (κ2) is 6.14. The minimum absolute atomic E-state index is 0.0119. The summed E-state index contributed by atoms with van der Waals surface area (Å²) in [5, 5.41) is 0. The highest BCUT2D eigenvalue weighted by Gasteiger charge is 2.36. The second-order valence-corrected chi connectivity index (χ2v) is 5.80. The van der Waals surface area contributed by atoms with Crippen LogP contribution in [0.1, 0.15) is 34.6 Å². The molecular formula is C16H17F3N2O2. The highest BCUT2D eigenvalue weighted by atomic mass is 19.4. The molecule has 0 spiro atoms. The zero-order valence-corrected chi connectivity index (χ0v) is 13.1. The molecule has 0 bridgehead atoms. The number of aromatic nitrogens is 1. The van der Waals surface area contributed by atoms with Crippen LogP contribution >= 0.6 is 0 Å². The summed E-state index contributed by atoms with van der Waals surface area (Å²) in [5.41, 5.74) is -1.10. The van der Waals surface area contributed by atoms with Crippen molar-refractivity contribution in [2.45, 2.75) is 25.9 Å². The van der Waals surface area contributed by atoms with Gasteiger partial charge < -0.3 is 4.90 Å². The Kier molecular flexibility index (Phi) is 4.58. The Balaban J connectivity index is 2.39. The van der Waals surface area contributed by atoms with E-state index in [1.807, 2.05) is 0 Å². The zero-order chi connectivity index (χ0) is 17.4. The molecule has 4 nitrogen and oxygen atoms in total. The van der Waals surface area contributed by atoms with Crippen LogP contribution in [-0.2, 0) is 11.0 Å². The van der Waals surface area contributed by atoms with Crippen LogP contribution in [0.15, 0.2) is 23.9 Å². The summed E-state index contributed by atoms with van der Waals surface area (Å²) in [6.45, 7) is 1.33. The van der Waals surface area contributed by atoms with Gasteiger partial charge in [-0.2, -0.15) is 13.2 Å². The minimum Gasteiger partial charge on any atom is -0.383 e. The van der Waals surface area contributed by atoms with Crippen LogP contribution in [0.2, 0.25) is 0 Å². The molecule has 1 fully saturated rings. The molecule has 0 radical (unpaired) electrons. The third kappa shape index (κ3) is 3.97. The first-order chi connectivity index (χ1) is 10.6. The molecule has 23 heavy (non-hydrogen) atoms. The number of carbonyl (C=O) groups excluding carboxylic acids is 2. The maximum Gasteiger partial charge on any atom is 0.433 e. The lowest BCUT2D eigenvalue weighted by molar-refractivity contribution is -0.141. The van der Waals surface area contributed by atoms with Crippen LogP contribution in [0.5, 0.6) is 0 Å². The van der Waals surface area contributed by atoms with Crippen molar-refractivity contribution in [2.24, 2.45) is 5.92 Å². The number of hydrogen-bond donors (Lipinski definition) is 0. The lowest BCUT2D eigenvalue weighted by Crippen LogP contribution is -2.20. The van der Waals surface area contributed by atoms with E-state index in [0.29, 0.717) is 0 Å². The van der Waals surface area contributed by atoms with E-state index in [0.717, 1.165) is 25.0 Å². The summed E-state index contributed by atoms with van der Waals surface area (Å²) < 4.78 is 38.0. The smallest absolute Gasteiger partial charge is 0.383 e. The Bertz CT molecular complexity index is 674. The number of rotatable bonds is 5. The van der Waals surface area contributed by atoms with E-state index in [-0.39, 0.29) is 28.5 Å². The SMILES string of the molecule is Cc1nc(C(F)(F)F)ccc1C(=O)C(=CN(C)C)C(=O)C1CC1. The number of pyridine rings is 1. The number of allylic oxidation sites excluding steroid dienone is 1. The molecule has 1 heterocycles. The summed E-state index contributed by atoms with van der Waals surface area (Å²) in [7, 11) is 3.34. The molecule has 7 heteroatoms. The molecule has 1 aromatic heterocycles. The fourth-order valence-corrected chi connectivity index (χ4v) is 2.16. The molecule has 1 aromatic rings. The lowest BCUT2D eigenvalue weighted by Gasteiger charge is -2.13. The van der Waals surface area contributed by atoms with Gasteiger partial charge in [0.25, 0.3) is 0 Å². The second-order valence-electron chi connectivity index (χ2n) is 5.80. The average Bonchev–Trinajstić information content (AvgIpc) is 3.26. The molecule has 0 aromatic carbocycles. The maximum atomic E-state index is 12.7. The van der Waals surface area contributed by atoms with Gasteiger partial charge in [-0.1, -0.05) is 0 Å². The van der Waals surface area contributed by atoms with E-state index in [2.05, 4.69) is 4.98 Å². The van der Waals surface area contributed by atoms with Gasteiger partial charge in [-0.15, -0.1) is 0 Å². The van der Waals surface area contributed by atoms with Crippen molar-refractivity contribution in [2.75, 3.05) is 14.1 Å². The van der Waals surface area contributed by atoms with Gasteiger partial charge in [0.2, 0.25) is 0 Å². The van der Waals surface area contributed by atoms with E-state index < -0.39 is 17.7 Å². The van der Waals surface area contributed by atoms with Crippen LogP contribution in [0.4, 0.5) is 13.2 Å². The molecule has 2 rings (SSSR count).